The van der Waals surface area contributed by atoms with E-state index < -0.39 is 0 Å². The SMILES string of the molecule is O=C(CN1C(=O)CSC1=S)Nc1ccc2c(c1)NC(=O)CO2. The van der Waals surface area contributed by atoms with Gasteiger partial charge >= 0.3 is 0 Å². The van der Waals surface area contributed by atoms with Crippen molar-refractivity contribution in [2.45, 2.75) is 0 Å². The van der Waals surface area contributed by atoms with Crippen LogP contribution < -0.4 is 15.4 Å². The Hall–Kier alpha value is -2.13. The number of nitrogens with one attached hydrogen (secondary N) is 2. The van der Waals surface area contributed by atoms with E-state index in [-0.39, 0.29) is 36.6 Å². The molecule has 2 N–H and O–H groups in total. The van der Waals surface area contributed by atoms with Crippen LogP contribution in [-0.4, -0.2) is 45.8 Å². The molecule has 1 aromatic rings. The summed E-state index contributed by atoms with van der Waals surface area (Å²) >= 11 is 6.26. The molecule has 1 saturated heterocycles. The summed E-state index contributed by atoms with van der Waals surface area (Å²) < 4.78 is 5.64. The number of fused-ring (bicyclic) bond motifs is 1. The van der Waals surface area contributed by atoms with E-state index >= 15 is 0 Å². The van der Waals surface area contributed by atoms with Gasteiger partial charge in [0.1, 0.15) is 16.6 Å². The van der Waals surface area contributed by atoms with Crippen molar-refractivity contribution in [2.24, 2.45) is 0 Å². The number of amides is 3. The third-order valence-corrected chi connectivity index (χ3v) is 4.47. The summed E-state index contributed by atoms with van der Waals surface area (Å²) in [6.45, 7) is -0.143. The van der Waals surface area contributed by atoms with Crippen LogP contribution in [0.1, 0.15) is 0 Å². The second kappa shape index (κ2) is 5.93. The van der Waals surface area contributed by atoms with Crippen molar-refractivity contribution in [2.75, 3.05) is 29.5 Å². The van der Waals surface area contributed by atoms with E-state index in [4.69, 9.17) is 17.0 Å². The van der Waals surface area contributed by atoms with Gasteiger partial charge in [-0.15, -0.1) is 0 Å². The highest BCUT2D eigenvalue weighted by Crippen LogP contribution is 2.30. The van der Waals surface area contributed by atoms with Gasteiger partial charge in [0.2, 0.25) is 11.8 Å². The molecule has 3 amide bonds. The quantitative estimate of drug-likeness (QED) is 0.794. The minimum Gasteiger partial charge on any atom is -0.482 e. The maximum Gasteiger partial charge on any atom is 0.262 e. The summed E-state index contributed by atoms with van der Waals surface area (Å²) in [7, 11) is 0. The van der Waals surface area contributed by atoms with E-state index in [1.165, 1.54) is 16.7 Å². The highest BCUT2D eigenvalue weighted by Gasteiger charge is 2.28. The normalized spacial score (nSPS) is 16.9. The Morgan fingerprint density at radius 1 is 1.45 bits per heavy atom. The Kier molecular flexibility index (Phi) is 3.99. The molecule has 2 aliphatic rings. The van der Waals surface area contributed by atoms with Crippen molar-refractivity contribution in [3.05, 3.63) is 18.2 Å². The third-order valence-electron chi connectivity index (χ3n) is 3.04. The number of benzene rings is 1. The predicted octanol–water partition coefficient (Wildman–Crippen LogP) is 0.816. The molecule has 0 saturated carbocycles. The average molecular weight is 337 g/mol. The molecule has 0 aliphatic carbocycles. The second-order valence-corrected chi connectivity index (χ2v) is 6.24. The molecule has 1 aromatic carbocycles. The first-order chi connectivity index (χ1) is 10.5. The molecule has 0 radical (unpaired) electrons. The van der Waals surface area contributed by atoms with Crippen molar-refractivity contribution >= 4 is 57.4 Å². The van der Waals surface area contributed by atoms with E-state index in [2.05, 4.69) is 10.6 Å². The topological polar surface area (TPSA) is 87.7 Å². The molecule has 7 nitrogen and oxygen atoms in total. The number of hydrogen-bond donors (Lipinski definition) is 2. The zero-order chi connectivity index (χ0) is 15.7. The fourth-order valence-electron chi connectivity index (χ4n) is 2.04. The van der Waals surface area contributed by atoms with Gasteiger partial charge in [0, 0.05) is 5.69 Å². The van der Waals surface area contributed by atoms with E-state index in [9.17, 15) is 14.4 Å². The minimum absolute atomic E-state index is 0.0229. The van der Waals surface area contributed by atoms with Crippen LogP contribution in [0, 0.1) is 0 Å². The van der Waals surface area contributed by atoms with Gasteiger partial charge in [-0.2, -0.15) is 0 Å². The van der Waals surface area contributed by atoms with Gasteiger partial charge in [0.15, 0.2) is 6.61 Å². The van der Waals surface area contributed by atoms with Crippen LogP contribution in [0.25, 0.3) is 0 Å². The Morgan fingerprint density at radius 3 is 3.00 bits per heavy atom. The zero-order valence-electron chi connectivity index (χ0n) is 11.3. The fraction of sp³-hybridized carbons (Fsp3) is 0.231. The lowest BCUT2D eigenvalue weighted by atomic mass is 10.2. The first-order valence-electron chi connectivity index (χ1n) is 6.36. The van der Waals surface area contributed by atoms with E-state index in [1.54, 1.807) is 18.2 Å². The van der Waals surface area contributed by atoms with Crippen molar-refractivity contribution in [1.29, 1.82) is 0 Å². The lowest BCUT2D eigenvalue weighted by Gasteiger charge is -2.19. The Balaban J connectivity index is 1.67. The summed E-state index contributed by atoms with van der Waals surface area (Å²) in [5, 5.41) is 5.32. The standard InChI is InChI=1S/C13H11N3O4S2/c17-10(4-16-12(19)6-22-13(16)21)14-7-1-2-9-8(3-7)15-11(18)5-20-9/h1-3H,4-6H2,(H,14,17)(H,15,18). The molecule has 2 aliphatic heterocycles. The van der Waals surface area contributed by atoms with Crippen LogP contribution >= 0.6 is 24.0 Å². The summed E-state index contributed by atoms with van der Waals surface area (Å²) in [6, 6.07) is 4.92. The molecule has 1 fully saturated rings. The number of anilines is 2. The molecule has 22 heavy (non-hydrogen) atoms. The molecule has 0 bridgehead atoms. The average Bonchev–Trinajstić information content (AvgIpc) is 2.78. The van der Waals surface area contributed by atoms with Crippen molar-refractivity contribution in [3.8, 4) is 5.75 Å². The summed E-state index contributed by atoms with van der Waals surface area (Å²) in [5.41, 5.74) is 0.997. The molecular weight excluding hydrogens is 326 g/mol. The Bertz CT molecular complexity index is 676. The zero-order valence-corrected chi connectivity index (χ0v) is 12.9. The first kappa shape index (κ1) is 14.8. The first-order valence-corrected chi connectivity index (χ1v) is 7.76. The van der Waals surface area contributed by atoms with Crippen molar-refractivity contribution in [1.82, 2.24) is 4.90 Å². The van der Waals surface area contributed by atoms with Crippen LogP contribution in [0.15, 0.2) is 18.2 Å². The van der Waals surface area contributed by atoms with Crippen LogP contribution in [0.2, 0.25) is 0 Å². The smallest absolute Gasteiger partial charge is 0.262 e. The van der Waals surface area contributed by atoms with Crippen LogP contribution in [0.4, 0.5) is 11.4 Å². The monoisotopic (exact) mass is 337 g/mol. The maximum absolute atomic E-state index is 12.0. The number of rotatable bonds is 3. The number of nitrogens with zero attached hydrogens (tertiary/aromatic N) is 1. The molecule has 2 heterocycles. The summed E-state index contributed by atoms with van der Waals surface area (Å²) in [4.78, 5) is 36.1. The largest absolute Gasteiger partial charge is 0.482 e. The van der Waals surface area contributed by atoms with Gasteiger partial charge in [0.25, 0.3) is 5.91 Å². The Morgan fingerprint density at radius 2 is 2.27 bits per heavy atom. The minimum atomic E-state index is -0.360. The number of thiocarbonyl (C=S) groups is 1. The fourth-order valence-corrected chi connectivity index (χ4v) is 3.11. The number of ether oxygens (including phenoxy) is 1. The lowest BCUT2D eigenvalue weighted by Crippen LogP contribution is -2.36. The van der Waals surface area contributed by atoms with E-state index in [1.807, 2.05) is 0 Å². The molecule has 114 valence electrons. The molecule has 3 rings (SSSR count). The lowest BCUT2D eigenvalue weighted by molar-refractivity contribution is -0.128. The van der Waals surface area contributed by atoms with E-state index in [0.29, 0.717) is 21.4 Å². The van der Waals surface area contributed by atoms with Gasteiger partial charge in [-0.3, -0.25) is 19.3 Å². The number of carbonyl (C=O) groups excluding carboxylic acids is 3. The van der Waals surface area contributed by atoms with Gasteiger partial charge < -0.3 is 15.4 Å². The van der Waals surface area contributed by atoms with Crippen LogP contribution in [0.5, 0.6) is 5.75 Å². The van der Waals surface area contributed by atoms with Crippen molar-refractivity contribution in [3.63, 3.8) is 0 Å². The number of hydrogen-bond acceptors (Lipinski definition) is 6. The molecule has 9 heteroatoms. The van der Waals surface area contributed by atoms with Crippen LogP contribution in [-0.2, 0) is 14.4 Å². The van der Waals surface area contributed by atoms with Gasteiger partial charge in [-0.1, -0.05) is 24.0 Å². The molecule has 0 unspecified atom stereocenters. The molecule has 0 aromatic heterocycles. The summed E-state index contributed by atoms with van der Waals surface area (Å²) in [5.74, 6) is 0.0392. The molecular formula is C13H11N3O4S2. The van der Waals surface area contributed by atoms with Crippen LogP contribution in [0.3, 0.4) is 0 Å². The van der Waals surface area contributed by atoms with Gasteiger partial charge in [-0.25, -0.2) is 0 Å². The molecule has 0 spiro atoms. The van der Waals surface area contributed by atoms with Gasteiger partial charge in [-0.05, 0) is 18.2 Å². The second-order valence-electron chi connectivity index (χ2n) is 4.63. The number of thioether (sulfide) groups is 1. The Labute approximate surface area is 135 Å². The highest BCUT2D eigenvalue weighted by molar-refractivity contribution is 8.23. The van der Waals surface area contributed by atoms with E-state index in [0.717, 1.165) is 0 Å². The third kappa shape index (κ3) is 3.04. The highest BCUT2D eigenvalue weighted by atomic mass is 32.2. The van der Waals surface area contributed by atoms with Gasteiger partial charge in [0.05, 0.1) is 11.4 Å². The number of carbonyl (C=O) groups is 3. The summed E-state index contributed by atoms with van der Waals surface area (Å²) in [6.07, 6.45) is 0. The van der Waals surface area contributed by atoms with Crippen molar-refractivity contribution < 1.29 is 19.1 Å². The maximum atomic E-state index is 12.0. The predicted molar refractivity (Wildman–Crippen MR) is 86.0 cm³/mol. The molecule has 0 atom stereocenters.